The van der Waals surface area contributed by atoms with Gasteiger partial charge in [0.15, 0.2) is 11.5 Å². The molecule has 0 aromatic heterocycles. The summed E-state index contributed by atoms with van der Waals surface area (Å²) < 4.78 is 32.6. The molecule has 0 fully saturated rings. The SMILES string of the molecule is COc1c(OC)c(OC(=O)OCc2ccccc2)c2ccccc2c1OC(=O)OCc1ccccc1. The zero-order valence-corrected chi connectivity index (χ0v) is 19.8. The number of hydrogen-bond acceptors (Lipinski definition) is 8. The Morgan fingerprint density at radius 1 is 0.528 bits per heavy atom. The normalized spacial score (nSPS) is 10.4. The van der Waals surface area contributed by atoms with Crippen LogP contribution >= 0.6 is 0 Å². The summed E-state index contributed by atoms with van der Waals surface area (Å²) in [5.74, 6) is 0.235. The van der Waals surface area contributed by atoms with Crippen molar-refractivity contribution in [1.29, 1.82) is 0 Å². The minimum absolute atomic E-state index is 0.0332. The summed E-state index contributed by atoms with van der Waals surface area (Å²) in [5, 5.41) is 0.885. The highest BCUT2D eigenvalue weighted by Crippen LogP contribution is 2.51. The van der Waals surface area contributed by atoms with Gasteiger partial charge < -0.3 is 28.4 Å². The van der Waals surface area contributed by atoms with Crippen molar-refractivity contribution >= 4 is 23.1 Å². The number of ether oxygens (including phenoxy) is 6. The number of rotatable bonds is 8. The summed E-state index contributed by atoms with van der Waals surface area (Å²) in [6.07, 6.45) is -1.86. The standard InChI is InChI=1S/C28H24O8/c1-31-25-23(35-27(29)33-17-19-11-5-3-6-12-19)21-15-9-10-16-22(21)24(26(25)32-2)36-28(30)34-18-20-13-7-4-8-14-20/h3-16H,17-18H2,1-2H3. The number of methoxy groups -OCH3 is 2. The Morgan fingerprint density at radius 2 is 0.889 bits per heavy atom. The molecule has 0 unspecified atom stereocenters. The first-order valence-electron chi connectivity index (χ1n) is 11.0. The topological polar surface area (TPSA) is 89.5 Å². The van der Waals surface area contributed by atoms with Crippen LogP contribution in [-0.2, 0) is 22.7 Å². The molecule has 0 spiro atoms. The molecule has 0 saturated heterocycles. The van der Waals surface area contributed by atoms with Crippen LogP contribution in [-0.4, -0.2) is 26.5 Å². The van der Waals surface area contributed by atoms with Crippen LogP contribution in [0, 0.1) is 0 Å². The van der Waals surface area contributed by atoms with Crippen LogP contribution in [0.4, 0.5) is 9.59 Å². The first-order valence-corrected chi connectivity index (χ1v) is 11.0. The molecule has 8 heteroatoms. The Labute approximate surface area is 207 Å². The van der Waals surface area contributed by atoms with Crippen LogP contribution in [0.3, 0.4) is 0 Å². The molecule has 0 aliphatic heterocycles. The highest BCUT2D eigenvalue weighted by Gasteiger charge is 2.27. The van der Waals surface area contributed by atoms with Gasteiger partial charge in [0.2, 0.25) is 11.5 Å². The number of benzene rings is 4. The van der Waals surface area contributed by atoms with Crippen LogP contribution in [0.15, 0.2) is 84.9 Å². The molecule has 0 N–H and O–H groups in total. The van der Waals surface area contributed by atoms with Gasteiger partial charge in [-0.15, -0.1) is 0 Å². The molecule has 184 valence electrons. The van der Waals surface area contributed by atoms with Crippen molar-refractivity contribution in [2.45, 2.75) is 13.2 Å². The van der Waals surface area contributed by atoms with Crippen molar-refractivity contribution in [3.05, 3.63) is 96.1 Å². The van der Waals surface area contributed by atoms with Crippen LogP contribution in [0.5, 0.6) is 23.0 Å². The lowest BCUT2D eigenvalue weighted by Gasteiger charge is -2.19. The third kappa shape index (κ3) is 5.67. The number of hydrogen-bond donors (Lipinski definition) is 0. The third-order valence-electron chi connectivity index (χ3n) is 5.21. The molecule has 8 nitrogen and oxygen atoms in total. The lowest BCUT2D eigenvalue weighted by molar-refractivity contribution is 0.0895. The Balaban J connectivity index is 1.61. The largest absolute Gasteiger partial charge is 0.514 e. The van der Waals surface area contributed by atoms with Gasteiger partial charge in [-0.1, -0.05) is 84.9 Å². The highest BCUT2D eigenvalue weighted by atomic mass is 16.7. The summed E-state index contributed by atoms with van der Waals surface area (Å²) in [6, 6.07) is 25.3. The predicted molar refractivity (Wildman–Crippen MR) is 132 cm³/mol. The van der Waals surface area contributed by atoms with Crippen LogP contribution in [0.1, 0.15) is 11.1 Å². The number of carbonyl (C=O) groups excluding carboxylic acids is 2. The first kappa shape index (κ1) is 24.4. The van der Waals surface area contributed by atoms with E-state index in [1.807, 2.05) is 60.7 Å². The quantitative estimate of drug-likeness (QED) is 0.211. The summed E-state index contributed by atoms with van der Waals surface area (Å²) in [7, 11) is 2.76. The van der Waals surface area contributed by atoms with Crippen molar-refractivity contribution in [1.82, 2.24) is 0 Å². The van der Waals surface area contributed by atoms with Crippen LogP contribution < -0.4 is 18.9 Å². The van der Waals surface area contributed by atoms with Gasteiger partial charge in [-0.05, 0) is 11.1 Å². The van der Waals surface area contributed by atoms with E-state index in [-0.39, 0.29) is 36.2 Å². The summed E-state index contributed by atoms with van der Waals surface area (Å²) in [5.41, 5.74) is 1.61. The van der Waals surface area contributed by atoms with Crippen molar-refractivity contribution in [2.75, 3.05) is 14.2 Å². The van der Waals surface area contributed by atoms with E-state index in [0.29, 0.717) is 10.8 Å². The molecule has 4 aromatic rings. The molecule has 0 atom stereocenters. The molecule has 0 bridgehead atoms. The fourth-order valence-electron chi connectivity index (χ4n) is 3.56. The maximum Gasteiger partial charge on any atom is 0.514 e. The lowest BCUT2D eigenvalue weighted by atomic mass is 10.1. The predicted octanol–water partition coefficient (Wildman–Crippen LogP) is 6.29. The molecule has 4 rings (SSSR count). The van der Waals surface area contributed by atoms with Gasteiger partial charge in [0.05, 0.1) is 14.2 Å². The molecule has 0 saturated carbocycles. The lowest BCUT2D eigenvalue weighted by Crippen LogP contribution is -2.14. The maximum absolute atomic E-state index is 12.5. The second kappa shape index (κ2) is 11.6. The molecule has 36 heavy (non-hydrogen) atoms. The molecular weight excluding hydrogens is 464 g/mol. The van der Waals surface area contributed by atoms with Gasteiger partial charge in [-0.3, -0.25) is 0 Å². The Morgan fingerprint density at radius 3 is 1.25 bits per heavy atom. The molecule has 0 heterocycles. The van der Waals surface area contributed by atoms with Gasteiger partial charge in [0, 0.05) is 10.8 Å². The van der Waals surface area contributed by atoms with Gasteiger partial charge in [-0.25, -0.2) is 9.59 Å². The van der Waals surface area contributed by atoms with E-state index >= 15 is 0 Å². The molecular formula is C28H24O8. The number of carbonyl (C=O) groups is 2. The number of fused-ring (bicyclic) bond motifs is 1. The minimum atomic E-state index is -0.930. The van der Waals surface area contributed by atoms with E-state index in [4.69, 9.17) is 28.4 Å². The van der Waals surface area contributed by atoms with Crippen molar-refractivity contribution in [3.63, 3.8) is 0 Å². The van der Waals surface area contributed by atoms with E-state index in [2.05, 4.69) is 0 Å². The zero-order chi connectivity index (χ0) is 25.3. The van der Waals surface area contributed by atoms with E-state index in [0.717, 1.165) is 11.1 Å². The van der Waals surface area contributed by atoms with Crippen molar-refractivity contribution < 1.29 is 38.0 Å². The fourth-order valence-corrected chi connectivity index (χ4v) is 3.56. The minimum Gasteiger partial charge on any atom is -0.490 e. The van der Waals surface area contributed by atoms with Gasteiger partial charge in [0.1, 0.15) is 13.2 Å². The molecule has 0 amide bonds. The van der Waals surface area contributed by atoms with E-state index in [9.17, 15) is 9.59 Å². The first-order chi connectivity index (χ1) is 17.6. The summed E-state index contributed by atoms with van der Waals surface area (Å²) in [4.78, 5) is 25.1. The van der Waals surface area contributed by atoms with Crippen molar-refractivity contribution in [2.24, 2.45) is 0 Å². The molecule has 0 aliphatic carbocycles. The third-order valence-corrected chi connectivity index (χ3v) is 5.21. The average Bonchev–Trinajstić information content (AvgIpc) is 2.92. The molecule has 0 aliphatic rings. The van der Waals surface area contributed by atoms with E-state index < -0.39 is 12.3 Å². The molecule has 4 aromatic carbocycles. The second-order valence-electron chi connectivity index (χ2n) is 7.52. The Hall–Kier alpha value is -4.72. The Kier molecular flexibility index (Phi) is 7.87. The van der Waals surface area contributed by atoms with Crippen molar-refractivity contribution in [3.8, 4) is 23.0 Å². The van der Waals surface area contributed by atoms with Crippen LogP contribution in [0.25, 0.3) is 10.8 Å². The van der Waals surface area contributed by atoms with Gasteiger partial charge in [0.25, 0.3) is 0 Å². The van der Waals surface area contributed by atoms with Crippen LogP contribution in [0.2, 0.25) is 0 Å². The average molecular weight is 488 g/mol. The smallest absolute Gasteiger partial charge is 0.490 e. The van der Waals surface area contributed by atoms with Gasteiger partial charge >= 0.3 is 12.3 Å². The van der Waals surface area contributed by atoms with E-state index in [1.165, 1.54) is 14.2 Å². The zero-order valence-electron chi connectivity index (χ0n) is 19.8. The monoisotopic (exact) mass is 488 g/mol. The highest BCUT2D eigenvalue weighted by molar-refractivity contribution is 6.00. The molecule has 0 radical (unpaired) electrons. The summed E-state index contributed by atoms with van der Waals surface area (Å²) in [6.45, 7) is 0.0665. The fraction of sp³-hybridized carbons (Fsp3) is 0.143. The Bertz CT molecular complexity index is 1230. The van der Waals surface area contributed by atoms with Gasteiger partial charge in [-0.2, -0.15) is 0 Å². The van der Waals surface area contributed by atoms with E-state index in [1.54, 1.807) is 24.3 Å². The maximum atomic E-state index is 12.5. The second-order valence-corrected chi connectivity index (χ2v) is 7.52. The summed E-state index contributed by atoms with van der Waals surface area (Å²) >= 11 is 0.